The van der Waals surface area contributed by atoms with Gasteiger partial charge < -0.3 is 15.2 Å². The van der Waals surface area contributed by atoms with Crippen molar-refractivity contribution in [1.82, 2.24) is 4.98 Å². The first-order valence-electron chi connectivity index (χ1n) is 4.14. The maximum atomic E-state index is 9.34. The van der Waals surface area contributed by atoms with Crippen LogP contribution in [0.3, 0.4) is 0 Å². The van der Waals surface area contributed by atoms with E-state index < -0.39 is 6.10 Å². The van der Waals surface area contributed by atoms with Crippen molar-refractivity contribution in [3.8, 4) is 6.07 Å². The fourth-order valence-corrected chi connectivity index (χ4v) is 1.86. The largest absolute Gasteiger partial charge is 0.389 e. The summed E-state index contributed by atoms with van der Waals surface area (Å²) < 4.78 is 4.76. The molecule has 0 aliphatic rings. The lowest BCUT2D eigenvalue weighted by molar-refractivity contribution is 0.0727. The third kappa shape index (κ3) is 3.64. The number of nitrogens with one attached hydrogen (secondary N) is 1. The highest BCUT2D eigenvalue weighted by Crippen LogP contribution is 2.25. The average Bonchev–Trinajstić information content (AvgIpc) is 2.56. The van der Waals surface area contributed by atoms with Crippen molar-refractivity contribution in [3.05, 3.63) is 10.0 Å². The van der Waals surface area contributed by atoms with Crippen molar-refractivity contribution in [2.45, 2.75) is 6.10 Å². The zero-order valence-corrected chi connectivity index (χ0v) is 9.60. The SMILES string of the molecule is COCC(O)CNc1nc(Cl)c(C#N)s1. The molecule has 1 aromatic heterocycles. The highest BCUT2D eigenvalue weighted by Gasteiger charge is 2.09. The molecular formula is C8H10ClN3O2S. The first-order chi connectivity index (χ1) is 7.17. The van der Waals surface area contributed by atoms with Gasteiger partial charge >= 0.3 is 0 Å². The van der Waals surface area contributed by atoms with E-state index in [0.29, 0.717) is 16.6 Å². The van der Waals surface area contributed by atoms with Gasteiger partial charge in [-0.3, -0.25) is 0 Å². The van der Waals surface area contributed by atoms with E-state index in [2.05, 4.69) is 10.3 Å². The Kier molecular flexibility index (Phi) is 4.78. The fourth-order valence-electron chi connectivity index (χ4n) is 0.903. The van der Waals surface area contributed by atoms with Gasteiger partial charge in [0.05, 0.1) is 12.7 Å². The number of rotatable bonds is 5. The van der Waals surface area contributed by atoms with Crippen LogP contribution in [0.2, 0.25) is 5.15 Å². The van der Waals surface area contributed by atoms with E-state index >= 15 is 0 Å². The van der Waals surface area contributed by atoms with Crippen molar-refractivity contribution >= 4 is 28.1 Å². The molecule has 7 heteroatoms. The van der Waals surface area contributed by atoms with Gasteiger partial charge in [-0.15, -0.1) is 0 Å². The Balaban J connectivity index is 2.48. The van der Waals surface area contributed by atoms with Crippen LogP contribution >= 0.6 is 22.9 Å². The van der Waals surface area contributed by atoms with E-state index in [9.17, 15) is 5.11 Å². The Hall–Kier alpha value is -0.870. The summed E-state index contributed by atoms with van der Waals surface area (Å²) in [5, 5.41) is 21.5. The maximum Gasteiger partial charge on any atom is 0.185 e. The summed E-state index contributed by atoms with van der Waals surface area (Å²) in [6.07, 6.45) is -0.608. The second-order valence-corrected chi connectivity index (χ2v) is 4.10. The average molecular weight is 248 g/mol. The number of thiazole rings is 1. The number of hydrogen-bond donors (Lipinski definition) is 2. The van der Waals surface area contributed by atoms with Gasteiger partial charge in [-0.2, -0.15) is 5.26 Å². The van der Waals surface area contributed by atoms with Crippen LogP contribution < -0.4 is 5.32 Å². The number of aromatic nitrogens is 1. The normalized spacial score (nSPS) is 12.1. The van der Waals surface area contributed by atoms with E-state index in [1.54, 1.807) is 0 Å². The summed E-state index contributed by atoms with van der Waals surface area (Å²) in [7, 11) is 1.51. The maximum absolute atomic E-state index is 9.34. The number of halogens is 1. The second kappa shape index (κ2) is 5.88. The third-order valence-electron chi connectivity index (χ3n) is 1.54. The van der Waals surface area contributed by atoms with Crippen LogP contribution in [0.4, 0.5) is 5.13 Å². The number of ether oxygens (including phenoxy) is 1. The monoisotopic (exact) mass is 247 g/mol. The van der Waals surface area contributed by atoms with Gasteiger partial charge in [0.25, 0.3) is 0 Å². The van der Waals surface area contributed by atoms with Crippen LogP contribution in [0.25, 0.3) is 0 Å². The molecule has 1 atom stereocenters. The molecule has 0 fully saturated rings. The Morgan fingerprint density at radius 2 is 2.53 bits per heavy atom. The lowest BCUT2D eigenvalue weighted by Gasteiger charge is -2.08. The summed E-state index contributed by atoms with van der Waals surface area (Å²) in [5.74, 6) is 0. The molecule has 0 spiro atoms. The fraction of sp³-hybridized carbons (Fsp3) is 0.500. The number of hydrogen-bond acceptors (Lipinski definition) is 6. The first kappa shape index (κ1) is 12.2. The topological polar surface area (TPSA) is 78.2 Å². The summed E-state index contributed by atoms with van der Waals surface area (Å²) in [6.45, 7) is 0.555. The van der Waals surface area contributed by atoms with E-state index in [1.807, 2.05) is 6.07 Å². The lowest BCUT2D eigenvalue weighted by Crippen LogP contribution is -2.24. The van der Waals surface area contributed by atoms with Crippen LogP contribution in [0.15, 0.2) is 0 Å². The Labute approximate surface area is 96.3 Å². The van der Waals surface area contributed by atoms with E-state index in [4.69, 9.17) is 21.6 Å². The molecule has 0 aliphatic carbocycles. The minimum absolute atomic E-state index is 0.186. The van der Waals surface area contributed by atoms with Crippen LogP contribution in [0.5, 0.6) is 0 Å². The summed E-state index contributed by atoms with van der Waals surface area (Å²) in [5.41, 5.74) is 0. The summed E-state index contributed by atoms with van der Waals surface area (Å²) >= 11 is 6.82. The highest BCUT2D eigenvalue weighted by atomic mass is 35.5. The number of methoxy groups -OCH3 is 1. The molecule has 0 aliphatic heterocycles. The molecule has 0 amide bonds. The molecule has 5 nitrogen and oxygen atoms in total. The number of aliphatic hydroxyl groups excluding tert-OH is 1. The van der Waals surface area contributed by atoms with Gasteiger partial charge in [0.15, 0.2) is 10.3 Å². The summed E-state index contributed by atoms with van der Waals surface area (Å²) in [4.78, 5) is 4.27. The molecule has 0 radical (unpaired) electrons. The van der Waals surface area contributed by atoms with E-state index in [1.165, 1.54) is 7.11 Å². The molecule has 0 aromatic carbocycles. The van der Waals surface area contributed by atoms with Crippen LogP contribution in [-0.2, 0) is 4.74 Å². The highest BCUT2D eigenvalue weighted by molar-refractivity contribution is 7.16. The molecule has 82 valence electrons. The van der Waals surface area contributed by atoms with Gasteiger partial charge in [0.1, 0.15) is 10.9 Å². The Morgan fingerprint density at radius 1 is 1.80 bits per heavy atom. The zero-order valence-electron chi connectivity index (χ0n) is 8.03. The van der Waals surface area contributed by atoms with Gasteiger partial charge in [-0.05, 0) is 0 Å². The number of nitriles is 1. The van der Waals surface area contributed by atoms with Crippen molar-refractivity contribution in [1.29, 1.82) is 5.26 Å². The number of aliphatic hydroxyl groups is 1. The number of anilines is 1. The molecule has 1 heterocycles. The smallest absolute Gasteiger partial charge is 0.185 e. The van der Waals surface area contributed by atoms with Crippen LogP contribution in [0, 0.1) is 11.3 Å². The van der Waals surface area contributed by atoms with Gasteiger partial charge in [0.2, 0.25) is 0 Å². The molecular weight excluding hydrogens is 238 g/mol. The predicted molar refractivity (Wildman–Crippen MR) is 58.2 cm³/mol. The number of nitrogens with zero attached hydrogens (tertiary/aromatic N) is 2. The third-order valence-corrected chi connectivity index (χ3v) is 2.84. The van der Waals surface area contributed by atoms with Crippen molar-refractivity contribution in [2.24, 2.45) is 0 Å². The molecule has 1 rings (SSSR count). The molecule has 0 saturated carbocycles. The second-order valence-electron chi connectivity index (χ2n) is 2.74. The van der Waals surface area contributed by atoms with E-state index in [0.717, 1.165) is 11.3 Å². The Bertz CT molecular complexity index is 363. The van der Waals surface area contributed by atoms with Crippen LogP contribution in [-0.4, -0.2) is 36.5 Å². The lowest BCUT2D eigenvalue weighted by atomic mass is 10.4. The van der Waals surface area contributed by atoms with Crippen LogP contribution in [0.1, 0.15) is 4.88 Å². The predicted octanol–water partition coefficient (Wildman–Crippen LogP) is 1.09. The Morgan fingerprint density at radius 3 is 3.07 bits per heavy atom. The zero-order chi connectivity index (χ0) is 11.3. The quantitative estimate of drug-likeness (QED) is 0.814. The van der Waals surface area contributed by atoms with E-state index in [-0.39, 0.29) is 11.8 Å². The minimum atomic E-state index is -0.608. The molecule has 1 aromatic rings. The molecule has 0 bridgehead atoms. The molecule has 2 N–H and O–H groups in total. The van der Waals surface area contributed by atoms with Crippen molar-refractivity contribution in [3.63, 3.8) is 0 Å². The standard InChI is InChI=1S/C8H10ClN3O2S/c1-14-4-5(13)3-11-8-12-7(9)6(2-10)15-8/h5,13H,3-4H2,1H3,(H,11,12). The molecule has 1 unspecified atom stereocenters. The molecule has 15 heavy (non-hydrogen) atoms. The first-order valence-corrected chi connectivity index (χ1v) is 5.34. The van der Waals surface area contributed by atoms with Gasteiger partial charge in [-0.1, -0.05) is 22.9 Å². The van der Waals surface area contributed by atoms with Gasteiger partial charge in [0, 0.05) is 13.7 Å². The minimum Gasteiger partial charge on any atom is -0.389 e. The molecule has 0 saturated heterocycles. The summed E-state index contributed by atoms with van der Waals surface area (Å²) in [6, 6.07) is 1.93. The van der Waals surface area contributed by atoms with Gasteiger partial charge in [-0.25, -0.2) is 4.98 Å². The van der Waals surface area contributed by atoms with Crippen molar-refractivity contribution in [2.75, 3.05) is 25.6 Å². The van der Waals surface area contributed by atoms with Crippen molar-refractivity contribution < 1.29 is 9.84 Å².